The lowest BCUT2D eigenvalue weighted by Gasteiger charge is -2.20. The van der Waals surface area contributed by atoms with Crippen LogP contribution in [0.4, 0.5) is 16.3 Å². The average molecular weight is 432 g/mol. The van der Waals surface area contributed by atoms with Crippen LogP contribution in [0, 0.1) is 0 Å². The van der Waals surface area contributed by atoms with Gasteiger partial charge in [-0.3, -0.25) is 10.3 Å². The summed E-state index contributed by atoms with van der Waals surface area (Å²) in [5.74, 6) is 0.832. The van der Waals surface area contributed by atoms with E-state index < -0.39 is 11.7 Å². The van der Waals surface area contributed by atoms with Crippen LogP contribution in [0.1, 0.15) is 20.8 Å². The van der Waals surface area contributed by atoms with Gasteiger partial charge < -0.3 is 15.2 Å². The molecule has 0 bridgehead atoms. The highest BCUT2D eigenvalue weighted by Gasteiger charge is 2.20. The molecule has 3 N–H and O–H groups in total. The highest BCUT2D eigenvalue weighted by Crippen LogP contribution is 2.37. The first kappa shape index (κ1) is 21.1. The third-order valence-corrected chi connectivity index (χ3v) is 4.71. The number of pyridine rings is 1. The Morgan fingerprint density at radius 3 is 2.53 bits per heavy atom. The van der Waals surface area contributed by atoms with E-state index in [0.717, 1.165) is 22.4 Å². The van der Waals surface area contributed by atoms with Crippen LogP contribution in [-0.2, 0) is 4.74 Å². The Hall–Kier alpha value is -4.14. The zero-order valence-electron chi connectivity index (χ0n) is 18.3. The maximum absolute atomic E-state index is 12.2. The number of nitrogens with two attached hydrogens (primary N) is 1. The minimum Gasteiger partial charge on any atom is -0.495 e. The molecule has 0 saturated carbocycles. The third kappa shape index (κ3) is 4.18. The molecule has 4 rings (SSSR count). The second-order valence-electron chi connectivity index (χ2n) is 8.13. The van der Waals surface area contributed by atoms with Crippen molar-refractivity contribution in [2.45, 2.75) is 26.4 Å². The number of rotatable bonds is 4. The number of benzene rings is 1. The van der Waals surface area contributed by atoms with Crippen LogP contribution in [0.3, 0.4) is 0 Å². The summed E-state index contributed by atoms with van der Waals surface area (Å²) in [6, 6.07) is 11.2. The standard InChI is InChI=1S/C23H24N6O3/c1-23(2,3)32-22(30)28-17-6-5-15(11-19(17)31-4)16-12-18(14-7-9-25-10-8-14)29-20(16)21(24)26-13-27-29/h5-13H,1-4H3,(H,28,30)(H2,24,26,27). The van der Waals surface area contributed by atoms with Crippen molar-refractivity contribution in [3.8, 4) is 28.1 Å². The first-order valence-corrected chi connectivity index (χ1v) is 9.98. The van der Waals surface area contributed by atoms with Crippen molar-refractivity contribution < 1.29 is 14.3 Å². The van der Waals surface area contributed by atoms with E-state index in [1.54, 1.807) is 43.7 Å². The van der Waals surface area contributed by atoms with Gasteiger partial charge in [0.25, 0.3) is 0 Å². The lowest BCUT2D eigenvalue weighted by Crippen LogP contribution is -2.27. The molecule has 1 aromatic carbocycles. The maximum atomic E-state index is 12.2. The van der Waals surface area contributed by atoms with E-state index in [9.17, 15) is 4.79 Å². The van der Waals surface area contributed by atoms with Crippen molar-refractivity contribution in [2.75, 3.05) is 18.2 Å². The van der Waals surface area contributed by atoms with Crippen molar-refractivity contribution in [3.05, 3.63) is 55.1 Å². The number of carbonyl (C=O) groups is 1. The number of methoxy groups -OCH3 is 1. The third-order valence-electron chi connectivity index (χ3n) is 4.71. The summed E-state index contributed by atoms with van der Waals surface area (Å²) >= 11 is 0. The van der Waals surface area contributed by atoms with Gasteiger partial charge in [0.05, 0.1) is 18.5 Å². The van der Waals surface area contributed by atoms with Crippen LogP contribution < -0.4 is 15.8 Å². The molecule has 9 nitrogen and oxygen atoms in total. The fourth-order valence-corrected chi connectivity index (χ4v) is 3.39. The van der Waals surface area contributed by atoms with Crippen molar-refractivity contribution in [1.82, 2.24) is 19.6 Å². The summed E-state index contributed by atoms with van der Waals surface area (Å²) in [6.45, 7) is 5.41. The summed E-state index contributed by atoms with van der Waals surface area (Å²) in [6.07, 6.45) is 4.30. The number of nitrogens with zero attached hydrogens (tertiary/aromatic N) is 4. The second kappa shape index (κ2) is 8.18. The monoisotopic (exact) mass is 432 g/mol. The van der Waals surface area contributed by atoms with E-state index in [-0.39, 0.29) is 0 Å². The number of fused-ring (bicyclic) bond motifs is 1. The number of carbonyl (C=O) groups excluding carboxylic acids is 1. The van der Waals surface area contributed by atoms with E-state index in [4.69, 9.17) is 15.2 Å². The quantitative estimate of drug-likeness (QED) is 0.491. The smallest absolute Gasteiger partial charge is 0.412 e. The summed E-state index contributed by atoms with van der Waals surface area (Å²) in [7, 11) is 1.54. The lowest BCUT2D eigenvalue weighted by atomic mass is 10.0. The molecular weight excluding hydrogens is 408 g/mol. The zero-order chi connectivity index (χ0) is 22.9. The van der Waals surface area contributed by atoms with Crippen LogP contribution in [0.2, 0.25) is 0 Å². The number of aromatic nitrogens is 4. The molecule has 0 atom stereocenters. The van der Waals surface area contributed by atoms with Crippen LogP contribution in [0.15, 0.2) is 55.1 Å². The minimum absolute atomic E-state index is 0.352. The molecule has 0 saturated heterocycles. The van der Waals surface area contributed by atoms with E-state index >= 15 is 0 Å². The van der Waals surface area contributed by atoms with Gasteiger partial charge in [-0.05, 0) is 56.7 Å². The highest BCUT2D eigenvalue weighted by atomic mass is 16.6. The van der Waals surface area contributed by atoms with Gasteiger partial charge in [0.15, 0.2) is 5.82 Å². The van der Waals surface area contributed by atoms with Crippen LogP contribution >= 0.6 is 0 Å². The number of hydrogen-bond acceptors (Lipinski definition) is 7. The molecule has 164 valence electrons. The Kier molecular flexibility index (Phi) is 5.40. The molecule has 3 heterocycles. The van der Waals surface area contributed by atoms with Gasteiger partial charge in [-0.1, -0.05) is 6.07 Å². The number of nitrogens with one attached hydrogen (secondary N) is 1. The number of anilines is 2. The molecular formula is C23H24N6O3. The largest absolute Gasteiger partial charge is 0.495 e. The van der Waals surface area contributed by atoms with Gasteiger partial charge in [0, 0.05) is 23.5 Å². The van der Waals surface area contributed by atoms with Crippen molar-refractivity contribution >= 4 is 23.1 Å². The Balaban J connectivity index is 1.79. The molecule has 9 heteroatoms. The lowest BCUT2D eigenvalue weighted by molar-refractivity contribution is 0.0635. The Labute approximate surface area is 185 Å². The first-order chi connectivity index (χ1) is 15.3. The predicted molar refractivity (Wildman–Crippen MR) is 122 cm³/mol. The molecule has 0 radical (unpaired) electrons. The SMILES string of the molecule is COc1cc(-c2cc(-c3ccncc3)n3ncnc(N)c23)ccc1NC(=O)OC(C)(C)C. The van der Waals surface area contributed by atoms with Crippen molar-refractivity contribution in [2.24, 2.45) is 0 Å². The molecule has 0 aliphatic carbocycles. The van der Waals surface area contributed by atoms with Crippen molar-refractivity contribution in [3.63, 3.8) is 0 Å². The summed E-state index contributed by atoms with van der Waals surface area (Å²) in [5.41, 5.74) is 10.2. The molecule has 0 unspecified atom stereocenters. The molecule has 1 amide bonds. The van der Waals surface area contributed by atoms with Crippen LogP contribution in [0.5, 0.6) is 5.75 Å². The number of nitrogen functional groups attached to an aromatic ring is 1. The summed E-state index contributed by atoms with van der Waals surface area (Å²) in [5, 5.41) is 7.13. The number of amides is 1. The van der Waals surface area contributed by atoms with E-state index in [2.05, 4.69) is 20.4 Å². The minimum atomic E-state index is -0.608. The van der Waals surface area contributed by atoms with E-state index in [1.807, 2.05) is 30.3 Å². The summed E-state index contributed by atoms with van der Waals surface area (Å²) in [4.78, 5) is 20.4. The molecule has 4 aromatic rings. The number of ether oxygens (including phenoxy) is 2. The average Bonchev–Trinajstić information content (AvgIpc) is 3.14. The fourth-order valence-electron chi connectivity index (χ4n) is 3.39. The van der Waals surface area contributed by atoms with Gasteiger partial charge in [-0.2, -0.15) is 5.10 Å². The normalized spacial score (nSPS) is 11.4. The van der Waals surface area contributed by atoms with Gasteiger partial charge in [-0.25, -0.2) is 14.3 Å². The second-order valence-corrected chi connectivity index (χ2v) is 8.13. The first-order valence-electron chi connectivity index (χ1n) is 9.98. The molecule has 0 aliphatic heterocycles. The Morgan fingerprint density at radius 2 is 1.84 bits per heavy atom. The van der Waals surface area contributed by atoms with Gasteiger partial charge >= 0.3 is 6.09 Å². The molecule has 0 aliphatic rings. The van der Waals surface area contributed by atoms with E-state index in [1.165, 1.54) is 13.4 Å². The van der Waals surface area contributed by atoms with Gasteiger partial charge in [0.1, 0.15) is 23.2 Å². The van der Waals surface area contributed by atoms with Crippen LogP contribution in [0.25, 0.3) is 27.9 Å². The fraction of sp³-hybridized carbons (Fsp3) is 0.217. The summed E-state index contributed by atoms with van der Waals surface area (Å²) < 4.78 is 12.6. The molecule has 0 fully saturated rings. The molecule has 32 heavy (non-hydrogen) atoms. The topological polar surface area (TPSA) is 117 Å². The predicted octanol–water partition coefficient (Wildman–Crippen LogP) is 4.40. The van der Waals surface area contributed by atoms with E-state index in [0.29, 0.717) is 22.8 Å². The Bertz CT molecular complexity index is 1280. The van der Waals surface area contributed by atoms with Gasteiger partial charge in [-0.15, -0.1) is 0 Å². The van der Waals surface area contributed by atoms with Crippen LogP contribution in [-0.4, -0.2) is 38.4 Å². The molecule has 0 spiro atoms. The van der Waals surface area contributed by atoms with Gasteiger partial charge in [0.2, 0.25) is 0 Å². The Morgan fingerprint density at radius 1 is 1.09 bits per heavy atom. The van der Waals surface area contributed by atoms with Crippen molar-refractivity contribution in [1.29, 1.82) is 0 Å². The maximum Gasteiger partial charge on any atom is 0.412 e. The number of hydrogen-bond donors (Lipinski definition) is 2. The zero-order valence-corrected chi connectivity index (χ0v) is 18.3. The highest BCUT2D eigenvalue weighted by molar-refractivity contribution is 5.94. The molecule has 3 aromatic heterocycles.